The first-order valence-corrected chi connectivity index (χ1v) is 34.1. The predicted molar refractivity (Wildman–Crippen MR) is 328 cm³/mol. The van der Waals surface area contributed by atoms with E-state index in [9.17, 15) is 20.1 Å². The minimum Gasteiger partial charge on any atom is -0.394 e. The Morgan fingerprint density at radius 1 is 0.324 bits per heavy atom. The fraction of sp³-hybridized carbons (Fsp3) is 0.928. The summed E-state index contributed by atoms with van der Waals surface area (Å²) in [6.45, 7) is 4.22. The Hall–Kier alpha value is -1.17. The van der Waals surface area contributed by atoms with Crippen LogP contribution in [0.4, 0.5) is 0 Å². The van der Waals surface area contributed by atoms with Crippen LogP contribution in [0.15, 0.2) is 24.3 Å². The lowest BCUT2D eigenvalue weighted by molar-refractivity contribution is -0.124. The maximum Gasteiger partial charge on any atom is 0.220 e. The molecule has 74 heavy (non-hydrogen) atoms. The van der Waals surface area contributed by atoms with Gasteiger partial charge in [-0.2, -0.15) is 0 Å². The van der Waals surface area contributed by atoms with Gasteiger partial charge >= 0.3 is 0 Å². The maximum atomic E-state index is 12.6. The summed E-state index contributed by atoms with van der Waals surface area (Å²) < 4.78 is 0. The molecule has 0 heterocycles. The third-order valence-corrected chi connectivity index (χ3v) is 16.3. The molecule has 5 nitrogen and oxygen atoms in total. The summed E-state index contributed by atoms with van der Waals surface area (Å²) in [6.07, 6.45) is 84.0. The molecule has 0 aliphatic carbocycles. The summed E-state index contributed by atoms with van der Waals surface area (Å²) in [5.74, 6) is -0.147. The third-order valence-electron chi connectivity index (χ3n) is 16.3. The van der Waals surface area contributed by atoms with Crippen molar-refractivity contribution in [2.45, 2.75) is 405 Å². The lowest BCUT2D eigenvalue weighted by Crippen LogP contribution is -2.50. The second kappa shape index (κ2) is 64.4. The van der Waals surface area contributed by atoms with Crippen molar-refractivity contribution in [1.82, 2.24) is 5.32 Å². The lowest BCUT2D eigenvalue weighted by atomic mass is 10.0. The van der Waals surface area contributed by atoms with Crippen LogP contribution in [-0.2, 0) is 4.79 Å². The standard InChI is InChI=1S/C69H135NO4/c1-3-5-7-9-11-13-15-17-19-21-23-25-26-27-28-29-30-31-32-33-34-35-36-37-38-39-40-41-42-44-46-48-50-52-54-56-58-60-62-64-68(73)70-66(65-71)69(74)67(72)63-61-59-57-55-53-51-49-47-45-43-24-22-20-18-16-14-12-10-8-6-4-2/h33-34,55,57,66-67,69,71-72,74H,3-32,35-54,56,58-65H2,1-2H3,(H,70,73)/b34-33-,57-55+. The van der Waals surface area contributed by atoms with Gasteiger partial charge in [-0.3, -0.25) is 4.79 Å². The van der Waals surface area contributed by atoms with Crippen LogP contribution >= 0.6 is 0 Å². The zero-order chi connectivity index (χ0) is 53.6. The van der Waals surface area contributed by atoms with Gasteiger partial charge in [-0.1, -0.05) is 340 Å². The van der Waals surface area contributed by atoms with E-state index in [4.69, 9.17) is 0 Å². The quantitative estimate of drug-likeness (QED) is 0.0361. The van der Waals surface area contributed by atoms with E-state index in [1.807, 2.05) is 0 Å². The molecular formula is C69H135NO4. The highest BCUT2D eigenvalue weighted by Crippen LogP contribution is 2.19. The highest BCUT2D eigenvalue weighted by Gasteiger charge is 2.26. The number of allylic oxidation sites excluding steroid dienone is 4. The number of hydrogen-bond donors (Lipinski definition) is 4. The van der Waals surface area contributed by atoms with Crippen molar-refractivity contribution in [3.63, 3.8) is 0 Å². The van der Waals surface area contributed by atoms with Gasteiger partial charge in [0.1, 0.15) is 6.10 Å². The minimum atomic E-state index is -1.16. The van der Waals surface area contributed by atoms with E-state index in [1.165, 1.54) is 321 Å². The lowest BCUT2D eigenvalue weighted by Gasteiger charge is -2.26. The molecule has 4 N–H and O–H groups in total. The number of hydrogen-bond acceptors (Lipinski definition) is 4. The molecule has 0 aliphatic heterocycles. The Bertz CT molecular complexity index is 1110. The summed E-state index contributed by atoms with van der Waals surface area (Å²) >= 11 is 0. The fourth-order valence-electron chi connectivity index (χ4n) is 11.0. The Labute approximate surface area is 464 Å². The number of unbranched alkanes of at least 4 members (excludes halogenated alkanes) is 52. The molecule has 5 heteroatoms. The second-order valence-corrected chi connectivity index (χ2v) is 23.7. The average molecular weight is 1040 g/mol. The molecule has 0 saturated carbocycles. The van der Waals surface area contributed by atoms with Gasteiger partial charge in [-0.25, -0.2) is 0 Å². The normalized spacial score (nSPS) is 13.2. The van der Waals surface area contributed by atoms with Crippen molar-refractivity contribution >= 4 is 5.91 Å². The molecule has 0 radical (unpaired) electrons. The number of carbonyl (C=O) groups is 1. The summed E-state index contributed by atoms with van der Waals surface area (Å²) in [7, 11) is 0. The minimum absolute atomic E-state index is 0.147. The number of aliphatic hydroxyl groups excluding tert-OH is 3. The van der Waals surface area contributed by atoms with Crippen LogP contribution < -0.4 is 5.32 Å². The van der Waals surface area contributed by atoms with E-state index in [2.05, 4.69) is 43.5 Å². The molecule has 0 saturated heterocycles. The molecule has 0 aromatic rings. The SMILES string of the molecule is CCCCCCCCCCCCCCCCCC/C=C/CCCC(O)C(O)C(CO)NC(=O)CCCCCCCCCCCCCCCCCCC/C=C\CCCCCCCCCCCCCCCCCCCC. The topological polar surface area (TPSA) is 89.8 Å². The van der Waals surface area contributed by atoms with Crippen molar-refractivity contribution in [1.29, 1.82) is 0 Å². The van der Waals surface area contributed by atoms with Gasteiger partial charge in [-0.15, -0.1) is 0 Å². The van der Waals surface area contributed by atoms with Gasteiger partial charge in [-0.05, 0) is 64.2 Å². The first-order valence-electron chi connectivity index (χ1n) is 34.1. The maximum absolute atomic E-state index is 12.6. The molecule has 1 amide bonds. The van der Waals surface area contributed by atoms with E-state index < -0.39 is 18.2 Å². The van der Waals surface area contributed by atoms with Gasteiger partial charge in [0, 0.05) is 6.42 Å². The molecule has 0 rings (SSSR count). The van der Waals surface area contributed by atoms with E-state index in [0.29, 0.717) is 12.8 Å². The van der Waals surface area contributed by atoms with E-state index in [-0.39, 0.29) is 12.5 Å². The molecular weight excluding hydrogens is 907 g/mol. The van der Waals surface area contributed by atoms with Crippen molar-refractivity contribution in [3.05, 3.63) is 24.3 Å². The number of rotatable bonds is 64. The highest BCUT2D eigenvalue weighted by molar-refractivity contribution is 5.76. The second-order valence-electron chi connectivity index (χ2n) is 23.7. The average Bonchev–Trinajstić information content (AvgIpc) is 3.41. The molecule has 0 aliphatic rings. The number of nitrogens with one attached hydrogen (secondary N) is 1. The Morgan fingerprint density at radius 3 is 0.784 bits per heavy atom. The van der Waals surface area contributed by atoms with Gasteiger partial charge in [0.25, 0.3) is 0 Å². The Kier molecular flexibility index (Phi) is 63.3. The van der Waals surface area contributed by atoms with Crippen LogP contribution in [0.5, 0.6) is 0 Å². The predicted octanol–water partition coefficient (Wildman–Crippen LogP) is 22.0. The Balaban J connectivity index is 3.45. The van der Waals surface area contributed by atoms with E-state index >= 15 is 0 Å². The van der Waals surface area contributed by atoms with Crippen LogP contribution in [-0.4, -0.2) is 46.1 Å². The van der Waals surface area contributed by atoms with Crippen LogP contribution in [0.3, 0.4) is 0 Å². The summed E-state index contributed by atoms with van der Waals surface area (Å²) in [5.41, 5.74) is 0. The largest absolute Gasteiger partial charge is 0.394 e. The molecule has 0 aromatic carbocycles. The van der Waals surface area contributed by atoms with Crippen LogP contribution in [0.25, 0.3) is 0 Å². The highest BCUT2D eigenvalue weighted by atomic mass is 16.3. The van der Waals surface area contributed by atoms with Crippen molar-refractivity contribution in [3.8, 4) is 0 Å². The van der Waals surface area contributed by atoms with E-state index in [1.54, 1.807) is 0 Å². The number of amides is 1. The van der Waals surface area contributed by atoms with Crippen molar-refractivity contribution in [2.75, 3.05) is 6.61 Å². The smallest absolute Gasteiger partial charge is 0.220 e. The molecule has 0 aromatic heterocycles. The van der Waals surface area contributed by atoms with Gasteiger partial charge in [0.2, 0.25) is 5.91 Å². The van der Waals surface area contributed by atoms with Crippen LogP contribution in [0.1, 0.15) is 386 Å². The molecule has 3 atom stereocenters. The number of carbonyl (C=O) groups excluding carboxylic acids is 1. The molecule has 0 bridgehead atoms. The van der Waals surface area contributed by atoms with Gasteiger partial charge in [0.15, 0.2) is 0 Å². The zero-order valence-corrected chi connectivity index (χ0v) is 50.5. The summed E-state index contributed by atoms with van der Waals surface area (Å²) in [4.78, 5) is 12.6. The summed E-state index contributed by atoms with van der Waals surface area (Å²) in [6, 6.07) is -0.825. The van der Waals surface area contributed by atoms with Gasteiger partial charge in [0.05, 0.1) is 18.8 Å². The fourth-order valence-corrected chi connectivity index (χ4v) is 11.0. The monoisotopic (exact) mass is 1040 g/mol. The summed E-state index contributed by atoms with van der Waals surface area (Å²) in [5, 5.41) is 33.8. The van der Waals surface area contributed by atoms with Crippen molar-refractivity contribution in [2.24, 2.45) is 0 Å². The van der Waals surface area contributed by atoms with Crippen LogP contribution in [0.2, 0.25) is 0 Å². The molecule has 0 spiro atoms. The molecule has 0 fully saturated rings. The van der Waals surface area contributed by atoms with Gasteiger partial charge < -0.3 is 20.6 Å². The van der Waals surface area contributed by atoms with Crippen LogP contribution in [0, 0.1) is 0 Å². The Morgan fingerprint density at radius 2 is 0.541 bits per heavy atom. The first-order chi connectivity index (χ1) is 36.6. The third kappa shape index (κ3) is 58.5. The molecule has 440 valence electrons. The molecule has 3 unspecified atom stereocenters. The van der Waals surface area contributed by atoms with Crippen molar-refractivity contribution < 1.29 is 20.1 Å². The van der Waals surface area contributed by atoms with E-state index in [0.717, 1.165) is 38.5 Å². The first kappa shape index (κ1) is 72.8. The zero-order valence-electron chi connectivity index (χ0n) is 50.5. The number of aliphatic hydroxyl groups is 3.